The number of likely N-dealkylation sites (tertiary alicyclic amines) is 1. The zero-order chi connectivity index (χ0) is 15.3. The molecule has 0 aromatic rings. The lowest BCUT2D eigenvalue weighted by Gasteiger charge is -2.14. The van der Waals surface area contributed by atoms with Gasteiger partial charge in [-0.05, 0) is 12.0 Å². The first-order valence-electron chi connectivity index (χ1n) is 7.31. The number of hydrogen-bond acceptors (Lipinski definition) is 1. The summed E-state index contributed by atoms with van der Waals surface area (Å²) in [4.78, 5) is 13.0. The Balaban J connectivity index is 0. The van der Waals surface area contributed by atoms with Gasteiger partial charge in [0.15, 0.2) is 0 Å². The average Bonchev–Trinajstić information content (AvgIpc) is 2.89. The Hall–Kier alpha value is -1.31. The maximum atomic E-state index is 11.1. The van der Waals surface area contributed by atoms with Crippen molar-refractivity contribution in [2.45, 2.75) is 47.5 Å². The van der Waals surface area contributed by atoms with Gasteiger partial charge in [-0.1, -0.05) is 65.5 Å². The maximum absolute atomic E-state index is 11.1. The highest BCUT2D eigenvalue weighted by atomic mass is 16.2. The van der Waals surface area contributed by atoms with Crippen molar-refractivity contribution in [3.8, 4) is 0 Å². The summed E-state index contributed by atoms with van der Waals surface area (Å²) in [7, 11) is 0. The molecule has 0 aromatic carbocycles. The SMILES string of the molecule is C=C/C=C(\C=C)C1CCN(C(C)=O)C1.CC.CCC. The average molecular weight is 265 g/mol. The first-order chi connectivity index (χ1) is 9.10. The van der Waals surface area contributed by atoms with Crippen LogP contribution in [0.1, 0.15) is 47.5 Å². The third-order valence-corrected chi connectivity index (χ3v) is 2.65. The van der Waals surface area contributed by atoms with Crippen LogP contribution in [0.3, 0.4) is 0 Å². The first kappa shape index (κ1) is 20.0. The van der Waals surface area contributed by atoms with E-state index in [9.17, 15) is 4.79 Å². The van der Waals surface area contributed by atoms with Crippen molar-refractivity contribution < 1.29 is 4.79 Å². The topological polar surface area (TPSA) is 20.3 Å². The molecule has 0 N–H and O–H groups in total. The summed E-state index contributed by atoms with van der Waals surface area (Å²) in [5.74, 6) is 0.601. The van der Waals surface area contributed by atoms with Crippen LogP contribution in [0.2, 0.25) is 0 Å². The molecule has 1 amide bonds. The van der Waals surface area contributed by atoms with Gasteiger partial charge < -0.3 is 4.90 Å². The number of carbonyl (C=O) groups is 1. The fraction of sp³-hybridized carbons (Fsp3) is 0.588. The largest absolute Gasteiger partial charge is 0.342 e. The Morgan fingerprint density at radius 2 is 1.84 bits per heavy atom. The third kappa shape index (κ3) is 8.41. The van der Waals surface area contributed by atoms with Crippen LogP contribution in [-0.2, 0) is 4.79 Å². The lowest BCUT2D eigenvalue weighted by atomic mass is 9.98. The third-order valence-electron chi connectivity index (χ3n) is 2.65. The van der Waals surface area contributed by atoms with Crippen LogP contribution in [0.5, 0.6) is 0 Å². The van der Waals surface area contributed by atoms with Crippen LogP contribution in [-0.4, -0.2) is 23.9 Å². The fourth-order valence-corrected chi connectivity index (χ4v) is 1.83. The molecule has 110 valence electrons. The molecular formula is C17H31NO. The van der Waals surface area contributed by atoms with Crippen LogP contribution in [0.15, 0.2) is 37.0 Å². The Bertz CT molecular complexity index is 292. The van der Waals surface area contributed by atoms with E-state index in [1.807, 2.05) is 30.9 Å². The molecule has 1 saturated heterocycles. The lowest BCUT2D eigenvalue weighted by molar-refractivity contribution is -0.127. The summed E-state index contributed by atoms with van der Waals surface area (Å²) in [6.07, 6.45) is 7.88. The smallest absolute Gasteiger partial charge is 0.219 e. The van der Waals surface area contributed by atoms with Crippen molar-refractivity contribution >= 4 is 5.91 Å². The minimum absolute atomic E-state index is 0.162. The lowest BCUT2D eigenvalue weighted by Crippen LogP contribution is -2.25. The predicted molar refractivity (Wildman–Crippen MR) is 86.2 cm³/mol. The Labute approximate surface area is 119 Å². The summed E-state index contributed by atoms with van der Waals surface area (Å²) in [6, 6.07) is 0. The molecule has 0 bridgehead atoms. The van der Waals surface area contributed by atoms with Crippen molar-refractivity contribution in [1.29, 1.82) is 0 Å². The van der Waals surface area contributed by atoms with E-state index in [-0.39, 0.29) is 5.91 Å². The molecule has 0 aliphatic carbocycles. The number of allylic oxidation sites excluding steroid dienone is 3. The van der Waals surface area contributed by atoms with Gasteiger partial charge in [0, 0.05) is 25.9 Å². The predicted octanol–water partition coefficient (Wildman–Crippen LogP) is 4.60. The van der Waals surface area contributed by atoms with Gasteiger partial charge in [0.25, 0.3) is 0 Å². The second-order valence-corrected chi connectivity index (χ2v) is 4.26. The minimum Gasteiger partial charge on any atom is -0.342 e. The van der Waals surface area contributed by atoms with Crippen LogP contribution >= 0.6 is 0 Å². The van der Waals surface area contributed by atoms with Gasteiger partial charge in [-0.15, -0.1) is 0 Å². The van der Waals surface area contributed by atoms with Crippen molar-refractivity contribution in [2.75, 3.05) is 13.1 Å². The van der Waals surface area contributed by atoms with Gasteiger partial charge in [0.1, 0.15) is 0 Å². The number of carbonyl (C=O) groups excluding carboxylic acids is 1. The van der Waals surface area contributed by atoms with Gasteiger partial charge >= 0.3 is 0 Å². The van der Waals surface area contributed by atoms with Crippen molar-refractivity contribution in [2.24, 2.45) is 5.92 Å². The van der Waals surface area contributed by atoms with E-state index < -0.39 is 0 Å². The van der Waals surface area contributed by atoms with E-state index in [1.54, 1.807) is 13.0 Å². The highest BCUT2D eigenvalue weighted by Gasteiger charge is 2.25. The van der Waals surface area contributed by atoms with Crippen LogP contribution in [0.25, 0.3) is 0 Å². The van der Waals surface area contributed by atoms with E-state index in [0.717, 1.165) is 19.5 Å². The van der Waals surface area contributed by atoms with Gasteiger partial charge in [0.2, 0.25) is 5.91 Å². The molecule has 1 unspecified atom stereocenters. The fourth-order valence-electron chi connectivity index (χ4n) is 1.83. The molecule has 0 saturated carbocycles. The van der Waals surface area contributed by atoms with E-state index >= 15 is 0 Å². The standard InChI is InChI=1S/C12H17NO.C3H8.C2H6/c1-4-6-11(5-2)12-7-8-13(9-12)10(3)14;1-3-2;1-2/h4-6,12H,1-2,7-9H2,3H3;3H2,1-2H3;1-2H3/b11-6+;;. The van der Waals surface area contributed by atoms with Crippen molar-refractivity contribution in [3.63, 3.8) is 0 Å². The number of amides is 1. The van der Waals surface area contributed by atoms with Crippen LogP contribution in [0.4, 0.5) is 0 Å². The zero-order valence-corrected chi connectivity index (χ0v) is 13.4. The molecule has 0 spiro atoms. The van der Waals surface area contributed by atoms with Crippen molar-refractivity contribution in [3.05, 3.63) is 37.0 Å². The monoisotopic (exact) mass is 265 g/mol. The summed E-state index contributed by atoms with van der Waals surface area (Å²) in [6.45, 7) is 19.0. The number of nitrogens with zero attached hydrogens (tertiary/aromatic N) is 1. The molecule has 2 nitrogen and oxygen atoms in total. The Morgan fingerprint density at radius 1 is 1.32 bits per heavy atom. The summed E-state index contributed by atoms with van der Waals surface area (Å²) in [5, 5.41) is 0. The van der Waals surface area contributed by atoms with Gasteiger partial charge in [-0.3, -0.25) is 4.79 Å². The van der Waals surface area contributed by atoms with Crippen LogP contribution < -0.4 is 0 Å². The molecule has 2 heteroatoms. The molecule has 0 radical (unpaired) electrons. The van der Waals surface area contributed by atoms with Crippen molar-refractivity contribution in [1.82, 2.24) is 4.90 Å². The second-order valence-electron chi connectivity index (χ2n) is 4.26. The Morgan fingerprint density at radius 3 is 2.16 bits per heavy atom. The zero-order valence-electron chi connectivity index (χ0n) is 13.4. The molecule has 1 fully saturated rings. The highest BCUT2D eigenvalue weighted by molar-refractivity contribution is 5.73. The normalized spacial score (nSPS) is 17.6. The molecular weight excluding hydrogens is 234 g/mol. The van der Waals surface area contributed by atoms with Gasteiger partial charge in [0.05, 0.1) is 0 Å². The molecule has 0 aromatic heterocycles. The quantitative estimate of drug-likeness (QED) is 0.683. The molecule has 1 aliphatic heterocycles. The summed E-state index contributed by atoms with van der Waals surface area (Å²) < 4.78 is 0. The van der Waals surface area contributed by atoms with E-state index in [2.05, 4.69) is 27.0 Å². The first-order valence-corrected chi connectivity index (χ1v) is 7.31. The molecule has 1 aliphatic rings. The number of hydrogen-bond donors (Lipinski definition) is 0. The Kier molecular flexibility index (Phi) is 13.8. The molecule has 1 atom stereocenters. The molecule has 1 rings (SSSR count). The summed E-state index contributed by atoms with van der Waals surface area (Å²) in [5.41, 5.74) is 1.18. The molecule has 19 heavy (non-hydrogen) atoms. The van der Waals surface area contributed by atoms with Gasteiger partial charge in [-0.25, -0.2) is 0 Å². The minimum atomic E-state index is 0.162. The summed E-state index contributed by atoms with van der Waals surface area (Å²) >= 11 is 0. The second kappa shape index (κ2) is 13.1. The highest BCUT2D eigenvalue weighted by Crippen LogP contribution is 2.24. The van der Waals surface area contributed by atoms with Gasteiger partial charge in [-0.2, -0.15) is 0 Å². The van der Waals surface area contributed by atoms with E-state index in [1.165, 1.54) is 12.0 Å². The van der Waals surface area contributed by atoms with Crippen LogP contribution in [0, 0.1) is 5.92 Å². The van der Waals surface area contributed by atoms with E-state index in [0.29, 0.717) is 5.92 Å². The van der Waals surface area contributed by atoms with E-state index in [4.69, 9.17) is 0 Å². The maximum Gasteiger partial charge on any atom is 0.219 e. The number of rotatable bonds is 3. The molecule has 1 heterocycles.